The second kappa shape index (κ2) is 12.7. The molecule has 0 amide bonds. The normalized spacial score (nSPS) is 18.7. The summed E-state index contributed by atoms with van der Waals surface area (Å²) >= 11 is 0. The first-order valence-electron chi connectivity index (χ1n) is 14.3. The van der Waals surface area contributed by atoms with Crippen LogP contribution in [-0.2, 0) is 25.8 Å². The Bertz CT molecular complexity index is 1580. The number of aryl methyl sites for hydroxylation is 3. The van der Waals surface area contributed by atoms with Crippen molar-refractivity contribution >= 4 is 27.6 Å². The Kier molecular flexibility index (Phi) is 9.44. The highest BCUT2D eigenvalue weighted by Crippen LogP contribution is 2.42. The van der Waals surface area contributed by atoms with Crippen LogP contribution in [-0.4, -0.2) is 43.1 Å². The number of hydrogen-bond donors (Lipinski definition) is 1. The topological polar surface area (TPSA) is 124 Å². The van der Waals surface area contributed by atoms with Gasteiger partial charge < -0.3 is 14.6 Å². The molecule has 1 saturated carbocycles. The van der Waals surface area contributed by atoms with Crippen molar-refractivity contribution in [2.45, 2.75) is 63.9 Å². The van der Waals surface area contributed by atoms with Crippen LogP contribution in [0, 0.1) is 31.6 Å². The van der Waals surface area contributed by atoms with E-state index in [9.17, 15) is 27.9 Å². The Labute approximate surface area is 253 Å². The highest BCUT2D eigenvalue weighted by molar-refractivity contribution is 7.90. The van der Waals surface area contributed by atoms with Gasteiger partial charge in [0.2, 0.25) is 0 Å². The van der Waals surface area contributed by atoms with Crippen LogP contribution in [0.2, 0.25) is 0 Å². The van der Waals surface area contributed by atoms with Crippen molar-refractivity contribution in [3.63, 3.8) is 0 Å². The van der Waals surface area contributed by atoms with Crippen LogP contribution >= 0.6 is 0 Å². The van der Waals surface area contributed by atoms with E-state index in [-0.39, 0.29) is 22.6 Å². The van der Waals surface area contributed by atoms with E-state index in [1.165, 1.54) is 38.1 Å². The third kappa shape index (κ3) is 7.70. The van der Waals surface area contributed by atoms with Crippen molar-refractivity contribution in [1.82, 2.24) is 0 Å². The minimum Gasteiger partial charge on any atom is -0.478 e. The lowest BCUT2D eigenvalue weighted by Crippen LogP contribution is -2.38. The lowest BCUT2D eigenvalue weighted by Gasteiger charge is -2.25. The molecule has 3 atom stereocenters. The fraction of sp³-hybridized carbons (Fsp3) is 0.382. The maximum Gasteiger partial charge on any atom is 0.347 e. The van der Waals surface area contributed by atoms with Crippen LogP contribution in [0.1, 0.15) is 60.2 Å². The van der Waals surface area contributed by atoms with Gasteiger partial charge in [-0.2, -0.15) is 0 Å². The number of carboxylic acids is 1. The summed E-state index contributed by atoms with van der Waals surface area (Å²) in [5.41, 5.74) is 1.69. The van der Waals surface area contributed by atoms with Crippen molar-refractivity contribution in [3.05, 3.63) is 89.0 Å². The number of sulfone groups is 1. The molecule has 0 aromatic heterocycles. The number of carbonyl (C=O) groups excluding carboxylic acids is 2. The fourth-order valence-corrected chi connectivity index (χ4v) is 6.35. The summed E-state index contributed by atoms with van der Waals surface area (Å²) in [5.74, 6) is -1.54. The third-order valence-electron chi connectivity index (χ3n) is 8.09. The zero-order valence-electron chi connectivity index (χ0n) is 25.1. The minimum absolute atomic E-state index is 0.0992. The summed E-state index contributed by atoms with van der Waals surface area (Å²) < 4.78 is 35.3. The number of rotatable bonds is 11. The Morgan fingerprint density at radius 1 is 0.930 bits per heavy atom. The standard InChI is InChI=1S/C34H38O8S/c1-21-17-23(18-22(2)31(21)42-34(3,4)33(37)38)11-12-25-19-26(32(36)41-27-9-7-6-8-10-27)20-29(25)30(35)24-13-15-28(16-14-24)43(5,39)40/h6-10,13-18,25-26,29H,11-12,19-20H2,1-5H3,(H,37,38)/t25-,26?,29-/m1/s1. The van der Waals surface area contributed by atoms with E-state index in [0.717, 1.165) is 22.9 Å². The molecule has 0 radical (unpaired) electrons. The van der Waals surface area contributed by atoms with Gasteiger partial charge in [0.15, 0.2) is 21.2 Å². The lowest BCUT2D eigenvalue weighted by molar-refractivity contribution is -0.152. The van der Waals surface area contributed by atoms with E-state index >= 15 is 0 Å². The van der Waals surface area contributed by atoms with Gasteiger partial charge in [0, 0.05) is 17.7 Å². The molecular formula is C34H38O8S. The first-order chi connectivity index (χ1) is 20.2. The van der Waals surface area contributed by atoms with E-state index in [4.69, 9.17) is 9.47 Å². The number of ketones is 1. The predicted molar refractivity (Wildman–Crippen MR) is 162 cm³/mol. The molecule has 0 bridgehead atoms. The average Bonchev–Trinajstić information content (AvgIpc) is 3.38. The Morgan fingerprint density at radius 3 is 2.09 bits per heavy atom. The number of hydrogen-bond acceptors (Lipinski definition) is 7. The van der Waals surface area contributed by atoms with Gasteiger partial charge in [-0.15, -0.1) is 0 Å². The molecule has 4 rings (SSSR count). The molecule has 3 aromatic rings. The Hall–Kier alpha value is -3.98. The first-order valence-corrected chi connectivity index (χ1v) is 16.2. The van der Waals surface area contributed by atoms with Gasteiger partial charge in [0.1, 0.15) is 11.5 Å². The molecule has 1 aliphatic carbocycles. The molecule has 9 heteroatoms. The van der Waals surface area contributed by atoms with Crippen LogP contribution < -0.4 is 9.47 Å². The maximum absolute atomic E-state index is 13.7. The molecule has 1 fully saturated rings. The van der Waals surface area contributed by atoms with Crippen molar-refractivity contribution in [2.24, 2.45) is 17.8 Å². The van der Waals surface area contributed by atoms with E-state index in [2.05, 4.69) is 0 Å². The van der Waals surface area contributed by atoms with Gasteiger partial charge in [0.05, 0.1) is 10.8 Å². The highest BCUT2D eigenvalue weighted by atomic mass is 32.2. The molecule has 1 unspecified atom stereocenters. The molecule has 3 aromatic carbocycles. The van der Waals surface area contributed by atoms with Gasteiger partial charge in [0.25, 0.3) is 0 Å². The molecule has 0 heterocycles. The molecule has 0 spiro atoms. The molecule has 43 heavy (non-hydrogen) atoms. The van der Waals surface area contributed by atoms with Gasteiger partial charge in [-0.3, -0.25) is 9.59 Å². The smallest absolute Gasteiger partial charge is 0.347 e. The third-order valence-corrected chi connectivity index (χ3v) is 9.22. The molecule has 1 aliphatic rings. The molecule has 0 saturated heterocycles. The van der Waals surface area contributed by atoms with Gasteiger partial charge in [-0.05, 0) is 100 Å². The van der Waals surface area contributed by atoms with E-state index in [1.54, 1.807) is 24.3 Å². The molecule has 228 valence electrons. The van der Waals surface area contributed by atoms with E-state index in [0.29, 0.717) is 42.7 Å². The lowest BCUT2D eigenvalue weighted by atomic mass is 9.84. The van der Waals surface area contributed by atoms with Crippen molar-refractivity contribution < 1.29 is 37.4 Å². The van der Waals surface area contributed by atoms with Crippen LogP contribution in [0.15, 0.2) is 71.6 Å². The summed E-state index contributed by atoms with van der Waals surface area (Å²) in [6.07, 6.45) is 3.25. The number of aliphatic carboxylic acids is 1. The summed E-state index contributed by atoms with van der Waals surface area (Å²) in [6.45, 7) is 6.77. The second-order valence-electron chi connectivity index (χ2n) is 11.9. The zero-order chi connectivity index (χ0) is 31.5. The molecular weight excluding hydrogens is 568 g/mol. The molecule has 8 nitrogen and oxygen atoms in total. The van der Waals surface area contributed by atoms with E-state index < -0.39 is 33.2 Å². The molecule has 0 aliphatic heterocycles. The summed E-state index contributed by atoms with van der Waals surface area (Å²) in [6, 6.07) is 18.7. The quantitative estimate of drug-likeness (QED) is 0.160. The van der Waals surface area contributed by atoms with E-state index in [1.807, 2.05) is 32.0 Å². The minimum atomic E-state index is -3.40. The number of Topliss-reactive ketones (excluding diaryl/α,β-unsaturated/α-hetero) is 1. The van der Waals surface area contributed by atoms with Crippen LogP contribution in [0.25, 0.3) is 0 Å². The van der Waals surface area contributed by atoms with Crippen LogP contribution in [0.5, 0.6) is 11.5 Å². The summed E-state index contributed by atoms with van der Waals surface area (Å²) in [7, 11) is -3.40. The number of esters is 1. The van der Waals surface area contributed by atoms with Crippen LogP contribution in [0.3, 0.4) is 0 Å². The summed E-state index contributed by atoms with van der Waals surface area (Å²) in [5, 5.41) is 9.48. The fourth-order valence-electron chi connectivity index (χ4n) is 5.72. The number of carbonyl (C=O) groups is 3. The van der Waals surface area contributed by atoms with Crippen molar-refractivity contribution in [2.75, 3.05) is 6.26 Å². The van der Waals surface area contributed by atoms with Crippen LogP contribution in [0.4, 0.5) is 0 Å². The second-order valence-corrected chi connectivity index (χ2v) is 14.0. The predicted octanol–water partition coefficient (Wildman–Crippen LogP) is 6.01. The highest BCUT2D eigenvalue weighted by Gasteiger charge is 2.42. The van der Waals surface area contributed by atoms with Gasteiger partial charge in [-0.25, -0.2) is 13.2 Å². The van der Waals surface area contributed by atoms with Crippen molar-refractivity contribution in [3.8, 4) is 11.5 Å². The zero-order valence-corrected chi connectivity index (χ0v) is 25.9. The number of ether oxygens (including phenoxy) is 2. The van der Waals surface area contributed by atoms with Crippen molar-refractivity contribution in [1.29, 1.82) is 0 Å². The number of benzene rings is 3. The maximum atomic E-state index is 13.7. The average molecular weight is 607 g/mol. The SMILES string of the molecule is Cc1cc(CC[C@@H]2CC(C(=O)Oc3ccccc3)C[C@H]2C(=O)c2ccc(S(C)(=O)=O)cc2)cc(C)c1OC(C)(C)C(=O)O. The Morgan fingerprint density at radius 2 is 1.53 bits per heavy atom. The molecule has 1 N–H and O–H groups in total. The van der Waals surface area contributed by atoms with Gasteiger partial charge in [-0.1, -0.05) is 42.5 Å². The van der Waals surface area contributed by atoms with Gasteiger partial charge >= 0.3 is 11.9 Å². The number of carboxylic acid groups (broad SMARTS) is 1. The Balaban J connectivity index is 1.54. The summed E-state index contributed by atoms with van der Waals surface area (Å²) in [4.78, 5) is 38.6. The first kappa shape index (κ1) is 31.9. The monoisotopic (exact) mass is 606 g/mol. The number of para-hydroxylation sites is 1. The largest absolute Gasteiger partial charge is 0.478 e.